The smallest absolute Gasteiger partial charge is 0.285 e. The molecule has 0 aliphatic carbocycles. The number of pyridine rings is 1. The van der Waals surface area contributed by atoms with E-state index in [-0.39, 0.29) is 22.9 Å². The van der Waals surface area contributed by atoms with Crippen molar-refractivity contribution in [1.82, 2.24) is 29.8 Å². The van der Waals surface area contributed by atoms with Gasteiger partial charge < -0.3 is 4.42 Å². The second kappa shape index (κ2) is 6.77. The van der Waals surface area contributed by atoms with Crippen molar-refractivity contribution in [2.24, 2.45) is 0 Å². The second-order valence-electron chi connectivity index (χ2n) is 7.09. The molecule has 0 saturated heterocycles. The van der Waals surface area contributed by atoms with Crippen molar-refractivity contribution in [2.75, 3.05) is 0 Å². The molecule has 0 bridgehead atoms. The zero-order chi connectivity index (χ0) is 20.8. The van der Waals surface area contributed by atoms with Crippen molar-refractivity contribution in [2.45, 2.75) is 20.8 Å². The molecule has 1 N–H and O–H groups in total. The topological polar surface area (TPSA) is 102 Å². The lowest BCUT2D eigenvalue weighted by atomic mass is 10.1. The summed E-state index contributed by atoms with van der Waals surface area (Å²) in [5, 5.41) is 11.3. The molecule has 0 aliphatic heterocycles. The molecule has 0 unspecified atom stereocenters. The number of rotatable bonds is 3. The van der Waals surface area contributed by atoms with Crippen molar-refractivity contribution < 1.29 is 4.42 Å². The average molecular weight is 398 g/mol. The molecule has 30 heavy (non-hydrogen) atoms. The largest absolute Gasteiger partial charge is 0.414 e. The quantitative estimate of drug-likeness (QED) is 0.497. The number of fused-ring (bicyclic) bond motifs is 1. The van der Waals surface area contributed by atoms with E-state index in [0.29, 0.717) is 17.0 Å². The molecule has 0 spiro atoms. The number of nitrogens with zero attached hydrogens (tertiary/aromatic N) is 5. The van der Waals surface area contributed by atoms with Crippen LogP contribution in [0.15, 0.2) is 57.7 Å². The lowest BCUT2D eigenvalue weighted by Crippen LogP contribution is -2.19. The van der Waals surface area contributed by atoms with Crippen LogP contribution in [0, 0.1) is 20.8 Å². The van der Waals surface area contributed by atoms with Gasteiger partial charge in [-0.1, -0.05) is 36.4 Å². The van der Waals surface area contributed by atoms with Crippen LogP contribution in [0.1, 0.15) is 17.1 Å². The Morgan fingerprint density at radius 3 is 2.40 bits per heavy atom. The van der Waals surface area contributed by atoms with Gasteiger partial charge in [0, 0.05) is 17.0 Å². The van der Waals surface area contributed by atoms with Crippen molar-refractivity contribution in [1.29, 1.82) is 0 Å². The summed E-state index contributed by atoms with van der Waals surface area (Å²) in [5.74, 6) is 0.372. The maximum Gasteiger partial charge on any atom is 0.285 e. The van der Waals surface area contributed by atoms with Gasteiger partial charge in [-0.2, -0.15) is 0 Å². The van der Waals surface area contributed by atoms with Gasteiger partial charge >= 0.3 is 0 Å². The highest BCUT2D eigenvalue weighted by Crippen LogP contribution is 2.28. The molecular weight excluding hydrogens is 380 g/mol. The number of aromatic amines is 1. The lowest BCUT2D eigenvalue weighted by Gasteiger charge is -2.03. The predicted molar refractivity (Wildman–Crippen MR) is 112 cm³/mol. The maximum atomic E-state index is 13.3. The number of aromatic nitrogens is 6. The predicted octanol–water partition coefficient (Wildman–Crippen LogP) is 3.73. The highest BCUT2D eigenvalue weighted by atomic mass is 16.4. The molecule has 0 atom stereocenters. The highest BCUT2D eigenvalue weighted by molar-refractivity contribution is 5.80. The molecule has 8 nitrogen and oxygen atoms in total. The van der Waals surface area contributed by atoms with Crippen molar-refractivity contribution in [3.8, 4) is 34.2 Å². The third-order valence-electron chi connectivity index (χ3n) is 4.95. The summed E-state index contributed by atoms with van der Waals surface area (Å²) < 4.78 is 7.22. The van der Waals surface area contributed by atoms with E-state index < -0.39 is 0 Å². The zero-order valence-electron chi connectivity index (χ0n) is 16.7. The summed E-state index contributed by atoms with van der Waals surface area (Å²) in [4.78, 5) is 22.4. The number of benzene rings is 1. The molecule has 5 rings (SSSR count). The number of hydrogen-bond acceptors (Lipinski definition) is 6. The number of aryl methyl sites for hydroxylation is 3. The molecule has 148 valence electrons. The Kier molecular flexibility index (Phi) is 4.06. The molecule has 4 aromatic heterocycles. The van der Waals surface area contributed by atoms with Crippen LogP contribution in [-0.4, -0.2) is 29.8 Å². The van der Waals surface area contributed by atoms with Crippen LogP contribution >= 0.6 is 0 Å². The van der Waals surface area contributed by atoms with Gasteiger partial charge in [-0.05, 0) is 38.5 Å². The first-order valence-corrected chi connectivity index (χ1v) is 9.48. The van der Waals surface area contributed by atoms with Crippen molar-refractivity contribution >= 4 is 5.65 Å². The van der Waals surface area contributed by atoms with Gasteiger partial charge in [-0.25, -0.2) is 14.5 Å². The van der Waals surface area contributed by atoms with Crippen LogP contribution in [0.25, 0.3) is 39.8 Å². The zero-order valence-corrected chi connectivity index (χ0v) is 16.7. The first kappa shape index (κ1) is 18.0. The van der Waals surface area contributed by atoms with Crippen LogP contribution in [0.3, 0.4) is 0 Å². The van der Waals surface area contributed by atoms with E-state index in [4.69, 9.17) is 9.40 Å². The molecule has 0 aliphatic rings. The average Bonchev–Trinajstić information content (AvgIpc) is 3.33. The van der Waals surface area contributed by atoms with E-state index in [2.05, 4.69) is 20.3 Å². The fourth-order valence-electron chi connectivity index (χ4n) is 3.58. The highest BCUT2D eigenvalue weighted by Gasteiger charge is 2.22. The molecule has 0 saturated carbocycles. The Hall–Kier alpha value is -4.07. The summed E-state index contributed by atoms with van der Waals surface area (Å²) in [6.07, 6.45) is 0. The normalized spacial score (nSPS) is 11.3. The second-order valence-corrected chi connectivity index (χ2v) is 7.09. The van der Waals surface area contributed by atoms with Gasteiger partial charge in [-0.15, -0.1) is 10.2 Å². The fourth-order valence-corrected chi connectivity index (χ4v) is 3.58. The lowest BCUT2D eigenvalue weighted by molar-refractivity contribution is 0.579. The summed E-state index contributed by atoms with van der Waals surface area (Å²) in [6.45, 7) is 5.56. The minimum absolute atomic E-state index is 0.117. The van der Waals surface area contributed by atoms with E-state index in [1.807, 2.05) is 56.3 Å². The minimum Gasteiger partial charge on any atom is -0.414 e. The van der Waals surface area contributed by atoms with E-state index in [9.17, 15) is 4.79 Å². The summed E-state index contributed by atoms with van der Waals surface area (Å²) in [7, 11) is 0. The molecule has 0 radical (unpaired) electrons. The van der Waals surface area contributed by atoms with E-state index in [1.54, 1.807) is 13.0 Å². The van der Waals surface area contributed by atoms with Crippen LogP contribution in [0.2, 0.25) is 0 Å². The summed E-state index contributed by atoms with van der Waals surface area (Å²) in [6, 6.07) is 15.4. The standard InChI is InChI=1S/C22H18N6O2/c1-12-8-7-11-16(23-12)20-25-26-21(30-20)18-13(2)24-19-17(15-9-5-4-6-10-15)14(3)27-28(19)22(18)29/h4-11,27H,1-3H3. The number of H-pyrrole nitrogens is 1. The first-order chi connectivity index (χ1) is 14.5. The Balaban J connectivity index is 1.68. The van der Waals surface area contributed by atoms with Gasteiger partial charge in [0.05, 0.1) is 5.69 Å². The third kappa shape index (κ3) is 2.81. The fraction of sp³-hybridized carbons (Fsp3) is 0.136. The van der Waals surface area contributed by atoms with Crippen molar-refractivity contribution in [3.63, 3.8) is 0 Å². The Bertz CT molecular complexity index is 1450. The number of hydrogen-bond donors (Lipinski definition) is 1. The van der Waals surface area contributed by atoms with Crippen LogP contribution in [-0.2, 0) is 0 Å². The number of nitrogens with one attached hydrogen (secondary N) is 1. The third-order valence-corrected chi connectivity index (χ3v) is 4.95. The van der Waals surface area contributed by atoms with Gasteiger partial charge in [0.15, 0.2) is 5.65 Å². The Morgan fingerprint density at radius 2 is 1.63 bits per heavy atom. The summed E-state index contributed by atoms with van der Waals surface area (Å²) in [5.41, 5.74) is 5.15. The van der Waals surface area contributed by atoms with E-state index in [0.717, 1.165) is 22.5 Å². The minimum atomic E-state index is -0.296. The molecule has 4 heterocycles. The van der Waals surface area contributed by atoms with E-state index in [1.165, 1.54) is 4.52 Å². The molecule has 1 aromatic carbocycles. The van der Waals surface area contributed by atoms with Gasteiger partial charge in [0.25, 0.3) is 17.3 Å². The van der Waals surface area contributed by atoms with Crippen LogP contribution in [0.5, 0.6) is 0 Å². The van der Waals surface area contributed by atoms with E-state index >= 15 is 0 Å². The van der Waals surface area contributed by atoms with Gasteiger partial charge in [0.1, 0.15) is 11.3 Å². The van der Waals surface area contributed by atoms with Gasteiger partial charge in [-0.3, -0.25) is 9.89 Å². The molecule has 0 fully saturated rings. The molecule has 5 aromatic rings. The maximum absolute atomic E-state index is 13.3. The van der Waals surface area contributed by atoms with Crippen LogP contribution in [0.4, 0.5) is 0 Å². The Morgan fingerprint density at radius 1 is 0.867 bits per heavy atom. The molecular formula is C22H18N6O2. The van der Waals surface area contributed by atoms with Crippen LogP contribution < -0.4 is 5.56 Å². The van der Waals surface area contributed by atoms with Gasteiger partial charge in [0.2, 0.25) is 0 Å². The first-order valence-electron chi connectivity index (χ1n) is 9.48. The van der Waals surface area contributed by atoms with Crippen molar-refractivity contribution in [3.05, 3.63) is 76.0 Å². The SMILES string of the molecule is Cc1cccc(-c2nnc(-c3c(C)nc4c(-c5ccccc5)c(C)[nH]n4c3=O)o2)n1. The summed E-state index contributed by atoms with van der Waals surface area (Å²) >= 11 is 0. The molecule has 0 amide bonds. The molecule has 8 heteroatoms. The Labute approximate surface area is 171 Å². The monoisotopic (exact) mass is 398 g/mol.